The smallest absolute Gasteiger partial charge is 0.0296 e. The number of fused-ring (bicyclic) bond motifs is 12. The first-order valence-corrected chi connectivity index (χ1v) is 21.5. The minimum atomic E-state index is -0.0762. The van der Waals surface area contributed by atoms with Gasteiger partial charge in [-0.15, -0.1) is 0 Å². The Bertz CT molecular complexity index is 3440. The van der Waals surface area contributed by atoms with Crippen LogP contribution in [0.15, 0.2) is 194 Å². The Morgan fingerprint density at radius 1 is 0.317 bits per heavy atom. The predicted molar refractivity (Wildman–Crippen MR) is 253 cm³/mol. The number of benzene rings is 10. The van der Waals surface area contributed by atoms with Gasteiger partial charge in [-0.25, -0.2) is 0 Å². The molecule has 0 aliphatic heterocycles. The summed E-state index contributed by atoms with van der Waals surface area (Å²) >= 11 is 0. The van der Waals surface area contributed by atoms with E-state index in [-0.39, 0.29) is 10.8 Å². The molecule has 13 rings (SSSR count). The lowest BCUT2D eigenvalue weighted by Crippen LogP contribution is -2.25. The second-order valence-electron chi connectivity index (χ2n) is 18.0. The molecule has 0 bridgehead atoms. The molecule has 0 amide bonds. The van der Waals surface area contributed by atoms with E-state index in [1.165, 1.54) is 121 Å². The molecule has 0 atom stereocenters. The van der Waals surface area contributed by atoms with Gasteiger partial charge in [0.15, 0.2) is 0 Å². The molecule has 0 saturated heterocycles. The maximum atomic E-state index is 2.58. The van der Waals surface area contributed by atoms with Gasteiger partial charge < -0.3 is 0 Å². The molecule has 3 aliphatic carbocycles. The van der Waals surface area contributed by atoms with Crippen molar-refractivity contribution in [3.63, 3.8) is 0 Å². The van der Waals surface area contributed by atoms with Crippen LogP contribution in [0.5, 0.6) is 0 Å². The molecule has 10 aromatic carbocycles. The summed E-state index contributed by atoms with van der Waals surface area (Å²) in [7, 11) is 0. The third kappa shape index (κ3) is 4.57. The fourth-order valence-electron chi connectivity index (χ4n) is 11.9. The molecule has 0 heteroatoms. The van der Waals surface area contributed by atoms with Crippen LogP contribution >= 0.6 is 0 Å². The molecule has 0 saturated carbocycles. The fourth-order valence-corrected chi connectivity index (χ4v) is 11.9. The predicted octanol–water partition coefficient (Wildman–Crippen LogP) is 15.5. The maximum Gasteiger partial charge on any atom is 0.0296 e. The van der Waals surface area contributed by atoms with Crippen LogP contribution in [0.3, 0.4) is 0 Å². The Kier molecular flexibility index (Phi) is 6.93. The Balaban J connectivity index is 1.10. The van der Waals surface area contributed by atoms with Gasteiger partial charge >= 0.3 is 0 Å². The molecule has 0 aromatic heterocycles. The van der Waals surface area contributed by atoms with Crippen LogP contribution in [0.1, 0.15) is 47.2 Å². The number of hydrogen-bond acceptors (Lipinski definition) is 0. The van der Waals surface area contributed by atoms with Crippen molar-refractivity contribution in [2.75, 3.05) is 0 Å². The van der Waals surface area contributed by atoms with E-state index in [1.807, 2.05) is 0 Å². The van der Waals surface area contributed by atoms with Crippen molar-refractivity contribution in [3.8, 4) is 55.6 Å². The van der Waals surface area contributed by atoms with E-state index in [2.05, 4.69) is 208 Å². The number of hydrogen-bond donors (Lipinski definition) is 0. The highest BCUT2D eigenvalue weighted by atomic mass is 14.5. The lowest BCUT2D eigenvalue weighted by molar-refractivity contribution is 0.564. The first kappa shape index (κ1) is 33.9. The van der Waals surface area contributed by atoms with Crippen LogP contribution in [-0.4, -0.2) is 0 Å². The van der Waals surface area contributed by atoms with Crippen molar-refractivity contribution in [3.05, 3.63) is 228 Å². The minimum Gasteiger partial charge on any atom is -0.0620 e. The molecule has 0 N–H and O–H groups in total. The Morgan fingerprint density at radius 3 is 1.62 bits per heavy atom. The van der Waals surface area contributed by atoms with Gasteiger partial charge in [-0.1, -0.05) is 190 Å². The molecule has 0 nitrogen and oxygen atoms in total. The van der Waals surface area contributed by atoms with Gasteiger partial charge in [0, 0.05) is 10.8 Å². The summed E-state index contributed by atoms with van der Waals surface area (Å²) in [5, 5.41) is 7.68. The van der Waals surface area contributed by atoms with Gasteiger partial charge in [0.2, 0.25) is 0 Å². The highest BCUT2D eigenvalue weighted by molar-refractivity contribution is 6.22. The zero-order valence-corrected chi connectivity index (χ0v) is 33.9. The van der Waals surface area contributed by atoms with E-state index >= 15 is 0 Å². The molecule has 0 unspecified atom stereocenters. The van der Waals surface area contributed by atoms with Crippen molar-refractivity contribution in [2.24, 2.45) is 0 Å². The van der Waals surface area contributed by atoms with Gasteiger partial charge in [-0.05, 0) is 152 Å². The van der Waals surface area contributed by atoms with E-state index in [1.54, 1.807) is 0 Å². The highest BCUT2D eigenvalue weighted by Crippen LogP contribution is 2.57. The molecular weight excluding hydrogens is 721 g/mol. The zero-order chi connectivity index (χ0) is 39.7. The third-order valence-corrected chi connectivity index (χ3v) is 14.7. The molecule has 282 valence electrons. The van der Waals surface area contributed by atoms with Crippen LogP contribution in [-0.2, 0) is 23.7 Å². The largest absolute Gasteiger partial charge is 0.0620 e. The van der Waals surface area contributed by atoms with Gasteiger partial charge in [0.05, 0.1) is 0 Å². The quantitative estimate of drug-likeness (QED) is 0.157. The summed E-state index contributed by atoms with van der Waals surface area (Å²) in [6, 6.07) is 74.0. The first-order chi connectivity index (χ1) is 29.5. The molecule has 3 aliphatic rings. The second kappa shape index (κ2) is 12.3. The van der Waals surface area contributed by atoms with Gasteiger partial charge in [0.1, 0.15) is 0 Å². The molecule has 0 heterocycles. The summed E-state index contributed by atoms with van der Waals surface area (Å²) in [6.45, 7) is 4.74. The third-order valence-electron chi connectivity index (χ3n) is 14.7. The van der Waals surface area contributed by atoms with Crippen molar-refractivity contribution < 1.29 is 0 Å². The molecule has 60 heavy (non-hydrogen) atoms. The van der Waals surface area contributed by atoms with Crippen LogP contribution in [0, 0.1) is 0 Å². The van der Waals surface area contributed by atoms with E-state index in [0.29, 0.717) is 0 Å². The topological polar surface area (TPSA) is 0 Å². The molecule has 10 aromatic rings. The zero-order valence-electron chi connectivity index (χ0n) is 33.9. The van der Waals surface area contributed by atoms with Crippen LogP contribution < -0.4 is 0 Å². The van der Waals surface area contributed by atoms with E-state index in [9.17, 15) is 0 Å². The van der Waals surface area contributed by atoms with Crippen LogP contribution in [0.25, 0.3) is 88.0 Å². The standard InChI is InChI=1S/C60H42/c1-59(2)53-24-11-9-20-46(53)51-33-39(28-31-54(51)59)58-49-22-8-7-21-48(49)57(50-30-26-38(32-52(50)58)44-23-13-17-37-14-5-6-18-43(37)44)40-27-29-47-45-19-10-12-25-55(45)60(56(47)34-40)35-41-15-3-4-16-42(41)36-60/h3-34H,35-36H2,1-2H3. The van der Waals surface area contributed by atoms with Crippen LogP contribution in [0.4, 0.5) is 0 Å². The average molecular weight is 763 g/mol. The molecule has 0 fully saturated rings. The maximum absolute atomic E-state index is 2.58. The van der Waals surface area contributed by atoms with E-state index in [0.717, 1.165) is 12.8 Å². The first-order valence-electron chi connectivity index (χ1n) is 21.5. The Labute approximate surface area is 351 Å². The van der Waals surface area contributed by atoms with Gasteiger partial charge in [-0.3, -0.25) is 0 Å². The number of rotatable bonds is 3. The molecule has 0 radical (unpaired) electrons. The summed E-state index contributed by atoms with van der Waals surface area (Å²) in [5.41, 5.74) is 21.7. The summed E-state index contributed by atoms with van der Waals surface area (Å²) in [6.07, 6.45) is 2.06. The fraction of sp³-hybridized carbons (Fsp3) is 0.100. The Hall–Kier alpha value is -7.02. The summed E-state index contributed by atoms with van der Waals surface area (Å²) < 4.78 is 0. The van der Waals surface area contributed by atoms with E-state index in [4.69, 9.17) is 0 Å². The normalized spacial score (nSPS) is 15.0. The second-order valence-corrected chi connectivity index (χ2v) is 18.0. The lowest BCUT2D eigenvalue weighted by atomic mass is 9.75. The Morgan fingerprint density at radius 2 is 0.833 bits per heavy atom. The minimum absolute atomic E-state index is 0.0503. The highest BCUT2D eigenvalue weighted by Gasteiger charge is 2.47. The average Bonchev–Trinajstić information content (AvgIpc) is 3.90. The lowest BCUT2D eigenvalue weighted by Gasteiger charge is -2.27. The van der Waals surface area contributed by atoms with Crippen molar-refractivity contribution in [2.45, 2.75) is 37.5 Å². The van der Waals surface area contributed by atoms with Crippen molar-refractivity contribution in [1.82, 2.24) is 0 Å². The molecular formula is C60H42. The van der Waals surface area contributed by atoms with E-state index < -0.39 is 0 Å². The summed E-state index contributed by atoms with van der Waals surface area (Å²) in [4.78, 5) is 0. The molecule has 1 spiro atoms. The van der Waals surface area contributed by atoms with Gasteiger partial charge in [0.25, 0.3) is 0 Å². The van der Waals surface area contributed by atoms with Crippen LogP contribution in [0.2, 0.25) is 0 Å². The summed E-state index contributed by atoms with van der Waals surface area (Å²) in [5.74, 6) is 0. The SMILES string of the molecule is CC1(C)c2ccccc2-c2cc(-c3c4ccccc4c(-c4ccc5c(c4)C4(Cc6ccccc6C4)c4ccccc4-5)c4ccc(-c5cccc6ccccc56)cc34)ccc21. The monoisotopic (exact) mass is 762 g/mol. The van der Waals surface area contributed by atoms with Crippen molar-refractivity contribution in [1.29, 1.82) is 0 Å². The van der Waals surface area contributed by atoms with Crippen molar-refractivity contribution >= 4 is 32.3 Å². The van der Waals surface area contributed by atoms with Gasteiger partial charge in [-0.2, -0.15) is 0 Å².